The van der Waals surface area contributed by atoms with E-state index in [9.17, 15) is 4.79 Å². The van der Waals surface area contributed by atoms with E-state index in [4.69, 9.17) is 4.74 Å². The Kier molecular flexibility index (Phi) is 3.43. The molecule has 2 aliphatic rings. The van der Waals surface area contributed by atoms with Crippen molar-refractivity contribution in [1.82, 2.24) is 15.3 Å². The van der Waals surface area contributed by atoms with Crippen molar-refractivity contribution in [2.45, 2.75) is 38.3 Å². The first-order valence-electron chi connectivity index (χ1n) is 6.70. The minimum Gasteiger partial charge on any atom is -0.381 e. The molecule has 3 rings (SSSR count). The maximum absolute atomic E-state index is 11.6. The lowest BCUT2D eigenvalue weighted by Gasteiger charge is -2.08. The Hall–Kier alpha value is -1.20. The maximum Gasteiger partial charge on any atom is 0.251 e. The van der Waals surface area contributed by atoms with Gasteiger partial charge in [0.1, 0.15) is 5.82 Å². The Labute approximate surface area is 106 Å². The third-order valence-corrected chi connectivity index (χ3v) is 3.50. The summed E-state index contributed by atoms with van der Waals surface area (Å²) in [6.45, 7) is 2.31. The number of rotatable bonds is 5. The highest BCUT2D eigenvalue weighted by molar-refractivity contribution is 5.04. The zero-order chi connectivity index (χ0) is 12.4. The molecule has 0 radical (unpaired) electrons. The van der Waals surface area contributed by atoms with Gasteiger partial charge in [0.15, 0.2) is 0 Å². The normalized spacial score (nSPS) is 23.4. The molecule has 5 heteroatoms. The fourth-order valence-electron chi connectivity index (χ4n) is 2.30. The molecule has 1 saturated carbocycles. The zero-order valence-electron chi connectivity index (χ0n) is 10.4. The van der Waals surface area contributed by atoms with Gasteiger partial charge in [-0.25, -0.2) is 4.98 Å². The molecule has 0 bridgehead atoms. The highest BCUT2D eigenvalue weighted by Gasteiger charge is 2.21. The summed E-state index contributed by atoms with van der Waals surface area (Å²) in [4.78, 5) is 18.9. The average molecular weight is 249 g/mol. The number of hydrogen-bond acceptors (Lipinski definition) is 4. The van der Waals surface area contributed by atoms with E-state index >= 15 is 0 Å². The number of aromatic nitrogens is 2. The minimum absolute atomic E-state index is 0.0495. The van der Waals surface area contributed by atoms with Crippen LogP contribution in [0.15, 0.2) is 10.9 Å². The molecule has 1 aromatic heterocycles. The Morgan fingerprint density at radius 3 is 3.06 bits per heavy atom. The summed E-state index contributed by atoms with van der Waals surface area (Å²) in [7, 11) is 0. The van der Waals surface area contributed by atoms with Gasteiger partial charge >= 0.3 is 0 Å². The van der Waals surface area contributed by atoms with E-state index in [1.165, 1.54) is 12.8 Å². The molecule has 0 aromatic carbocycles. The van der Waals surface area contributed by atoms with Gasteiger partial charge < -0.3 is 15.0 Å². The number of H-pyrrole nitrogens is 1. The van der Waals surface area contributed by atoms with Crippen molar-refractivity contribution in [3.05, 3.63) is 27.9 Å². The van der Waals surface area contributed by atoms with Crippen molar-refractivity contribution in [1.29, 1.82) is 0 Å². The number of nitrogens with zero attached hydrogens (tertiary/aromatic N) is 1. The van der Waals surface area contributed by atoms with E-state index in [-0.39, 0.29) is 5.56 Å². The van der Waals surface area contributed by atoms with Crippen LogP contribution in [-0.4, -0.2) is 29.2 Å². The number of nitrogens with one attached hydrogen (secondary N) is 2. The molecule has 2 N–H and O–H groups in total. The third kappa shape index (κ3) is 3.17. The molecule has 1 aromatic rings. The van der Waals surface area contributed by atoms with Crippen LogP contribution in [0.5, 0.6) is 0 Å². The van der Waals surface area contributed by atoms with Gasteiger partial charge in [-0.05, 0) is 25.2 Å². The molecule has 2 fully saturated rings. The highest BCUT2D eigenvalue weighted by atomic mass is 16.5. The number of aromatic amines is 1. The van der Waals surface area contributed by atoms with Crippen LogP contribution < -0.4 is 10.9 Å². The first-order valence-corrected chi connectivity index (χ1v) is 6.70. The number of ether oxygens (including phenoxy) is 1. The van der Waals surface area contributed by atoms with Crippen molar-refractivity contribution < 1.29 is 4.74 Å². The molecular weight excluding hydrogens is 230 g/mol. The SMILES string of the molecule is O=c1cc(CNC2CC2)nc(CC2CCOC2)[nH]1. The molecular formula is C13H19N3O2. The Morgan fingerprint density at radius 2 is 2.33 bits per heavy atom. The third-order valence-electron chi connectivity index (χ3n) is 3.50. The summed E-state index contributed by atoms with van der Waals surface area (Å²) in [6.07, 6.45) is 4.37. The van der Waals surface area contributed by atoms with E-state index in [2.05, 4.69) is 15.3 Å². The van der Waals surface area contributed by atoms with Gasteiger partial charge in [-0.3, -0.25) is 4.79 Å². The van der Waals surface area contributed by atoms with Crippen LogP contribution in [0, 0.1) is 5.92 Å². The monoisotopic (exact) mass is 249 g/mol. The van der Waals surface area contributed by atoms with Crippen LogP contribution in [0.25, 0.3) is 0 Å². The molecule has 0 spiro atoms. The predicted molar refractivity (Wildman–Crippen MR) is 67.3 cm³/mol. The van der Waals surface area contributed by atoms with Gasteiger partial charge in [-0.1, -0.05) is 0 Å². The van der Waals surface area contributed by atoms with Crippen molar-refractivity contribution in [2.24, 2.45) is 5.92 Å². The molecule has 1 aliphatic carbocycles. The van der Waals surface area contributed by atoms with Crippen LogP contribution >= 0.6 is 0 Å². The predicted octanol–water partition coefficient (Wildman–Crippen LogP) is 0.601. The molecule has 98 valence electrons. The van der Waals surface area contributed by atoms with Crippen LogP contribution in [0.3, 0.4) is 0 Å². The smallest absolute Gasteiger partial charge is 0.251 e. The fourth-order valence-corrected chi connectivity index (χ4v) is 2.30. The maximum atomic E-state index is 11.6. The number of hydrogen-bond donors (Lipinski definition) is 2. The molecule has 1 unspecified atom stereocenters. The summed E-state index contributed by atoms with van der Waals surface area (Å²) in [5, 5.41) is 3.38. The lowest BCUT2D eigenvalue weighted by atomic mass is 10.0. The lowest BCUT2D eigenvalue weighted by Crippen LogP contribution is -2.21. The van der Waals surface area contributed by atoms with Gasteiger partial charge in [0.05, 0.1) is 5.69 Å². The topological polar surface area (TPSA) is 67.0 Å². The summed E-state index contributed by atoms with van der Waals surface area (Å²) < 4.78 is 5.34. The molecule has 1 aliphatic heterocycles. The standard InChI is InChI=1S/C13H19N3O2/c17-13-6-11(7-14-10-1-2-10)15-12(16-13)5-9-3-4-18-8-9/h6,9-10,14H,1-5,7-8H2,(H,15,16,17). The second-order valence-electron chi connectivity index (χ2n) is 5.27. The van der Waals surface area contributed by atoms with E-state index in [0.717, 1.165) is 37.6 Å². The van der Waals surface area contributed by atoms with E-state index in [1.807, 2.05) is 0 Å². The van der Waals surface area contributed by atoms with E-state index in [1.54, 1.807) is 6.07 Å². The quantitative estimate of drug-likeness (QED) is 0.802. The largest absolute Gasteiger partial charge is 0.381 e. The summed E-state index contributed by atoms with van der Waals surface area (Å²) in [6, 6.07) is 2.22. The van der Waals surface area contributed by atoms with Crippen LogP contribution in [0.4, 0.5) is 0 Å². The van der Waals surface area contributed by atoms with Crippen molar-refractivity contribution >= 4 is 0 Å². The van der Waals surface area contributed by atoms with E-state index in [0.29, 0.717) is 18.5 Å². The Morgan fingerprint density at radius 1 is 1.44 bits per heavy atom. The second kappa shape index (κ2) is 5.20. The van der Waals surface area contributed by atoms with Crippen molar-refractivity contribution in [2.75, 3.05) is 13.2 Å². The van der Waals surface area contributed by atoms with Gasteiger partial charge in [-0.2, -0.15) is 0 Å². The molecule has 18 heavy (non-hydrogen) atoms. The second-order valence-corrected chi connectivity index (χ2v) is 5.27. The van der Waals surface area contributed by atoms with Crippen molar-refractivity contribution in [3.8, 4) is 0 Å². The molecule has 2 heterocycles. The van der Waals surface area contributed by atoms with Crippen molar-refractivity contribution in [3.63, 3.8) is 0 Å². The zero-order valence-corrected chi connectivity index (χ0v) is 10.4. The highest BCUT2D eigenvalue weighted by Crippen LogP contribution is 2.19. The van der Waals surface area contributed by atoms with Gasteiger partial charge in [0, 0.05) is 38.3 Å². The molecule has 0 amide bonds. The molecule has 1 atom stereocenters. The summed E-state index contributed by atoms with van der Waals surface area (Å²) in [5.41, 5.74) is 0.797. The lowest BCUT2D eigenvalue weighted by molar-refractivity contribution is 0.185. The van der Waals surface area contributed by atoms with Gasteiger partial charge in [-0.15, -0.1) is 0 Å². The van der Waals surface area contributed by atoms with Gasteiger partial charge in [0.2, 0.25) is 0 Å². The Balaban J connectivity index is 1.66. The van der Waals surface area contributed by atoms with Crippen LogP contribution in [0.1, 0.15) is 30.8 Å². The first kappa shape index (κ1) is 11.9. The van der Waals surface area contributed by atoms with E-state index < -0.39 is 0 Å². The van der Waals surface area contributed by atoms with Gasteiger partial charge in [0.25, 0.3) is 5.56 Å². The minimum atomic E-state index is -0.0495. The fraction of sp³-hybridized carbons (Fsp3) is 0.692. The summed E-state index contributed by atoms with van der Waals surface area (Å²) >= 11 is 0. The molecule has 5 nitrogen and oxygen atoms in total. The molecule has 1 saturated heterocycles. The van der Waals surface area contributed by atoms with Crippen LogP contribution in [-0.2, 0) is 17.7 Å². The first-order chi connectivity index (χ1) is 8.79. The Bertz CT molecular complexity index is 462. The summed E-state index contributed by atoms with van der Waals surface area (Å²) in [5.74, 6) is 1.30. The average Bonchev–Trinajstić information content (AvgIpc) is 3.04. The van der Waals surface area contributed by atoms with Crippen LogP contribution in [0.2, 0.25) is 0 Å².